The van der Waals surface area contributed by atoms with E-state index in [9.17, 15) is 9.59 Å². The molecule has 0 radical (unpaired) electrons. The van der Waals surface area contributed by atoms with Gasteiger partial charge in [-0.25, -0.2) is 0 Å². The van der Waals surface area contributed by atoms with Crippen molar-refractivity contribution in [1.82, 2.24) is 5.32 Å². The van der Waals surface area contributed by atoms with Gasteiger partial charge in [-0.1, -0.05) is 35.9 Å². The lowest BCUT2D eigenvalue weighted by Gasteiger charge is -2.22. The Morgan fingerprint density at radius 2 is 2.00 bits per heavy atom. The Labute approximate surface area is 128 Å². The van der Waals surface area contributed by atoms with Gasteiger partial charge in [-0.05, 0) is 37.0 Å². The Hall–Kier alpha value is -1.81. The summed E-state index contributed by atoms with van der Waals surface area (Å²) in [7, 11) is 0. The van der Waals surface area contributed by atoms with Crippen molar-refractivity contribution in [2.45, 2.75) is 31.7 Å². The number of carboxylic acid groups (broad SMARTS) is 1. The molecule has 0 saturated heterocycles. The summed E-state index contributed by atoms with van der Waals surface area (Å²) in [4.78, 5) is 23.3. The van der Waals surface area contributed by atoms with E-state index in [2.05, 4.69) is 11.4 Å². The van der Waals surface area contributed by atoms with Crippen molar-refractivity contribution in [1.29, 1.82) is 0 Å². The van der Waals surface area contributed by atoms with Gasteiger partial charge in [0.2, 0.25) is 5.91 Å². The minimum atomic E-state index is -0.946. The molecule has 112 valence electrons. The van der Waals surface area contributed by atoms with Crippen molar-refractivity contribution < 1.29 is 14.7 Å². The number of carbonyl (C=O) groups is 2. The minimum absolute atomic E-state index is 0.0707. The third kappa shape index (κ3) is 4.60. The van der Waals surface area contributed by atoms with Gasteiger partial charge in [-0.15, -0.1) is 0 Å². The standard InChI is InChI=1S/C16H18ClNO3/c17-13-8-6-11(7-9-13)14(10-15(19)20)18-16(21)12-4-2-1-3-5-12/h1-2,6-9,12,14H,3-5,10H2,(H,18,21)(H,19,20)/t12-,14-/m1/s1. The summed E-state index contributed by atoms with van der Waals surface area (Å²) in [6.45, 7) is 0. The molecule has 0 aromatic heterocycles. The largest absolute Gasteiger partial charge is 0.481 e. The van der Waals surface area contributed by atoms with Crippen LogP contribution in [0.5, 0.6) is 0 Å². The molecule has 21 heavy (non-hydrogen) atoms. The molecule has 1 aliphatic rings. The molecule has 0 fully saturated rings. The van der Waals surface area contributed by atoms with Crippen LogP contribution in [-0.4, -0.2) is 17.0 Å². The van der Waals surface area contributed by atoms with E-state index >= 15 is 0 Å². The fraction of sp³-hybridized carbons (Fsp3) is 0.375. The summed E-state index contributed by atoms with van der Waals surface area (Å²) >= 11 is 5.84. The lowest BCUT2D eigenvalue weighted by Crippen LogP contribution is -2.35. The molecule has 0 bridgehead atoms. The zero-order chi connectivity index (χ0) is 15.2. The highest BCUT2D eigenvalue weighted by Gasteiger charge is 2.23. The Morgan fingerprint density at radius 3 is 2.57 bits per heavy atom. The van der Waals surface area contributed by atoms with E-state index in [1.54, 1.807) is 24.3 Å². The summed E-state index contributed by atoms with van der Waals surface area (Å²) in [5, 5.41) is 12.5. The molecule has 0 heterocycles. The number of allylic oxidation sites excluding steroid dienone is 2. The van der Waals surface area contributed by atoms with Crippen molar-refractivity contribution in [2.24, 2.45) is 5.92 Å². The topological polar surface area (TPSA) is 66.4 Å². The highest BCUT2D eigenvalue weighted by Crippen LogP contribution is 2.23. The van der Waals surface area contributed by atoms with E-state index in [0.29, 0.717) is 11.4 Å². The lowest BCUT2D eigenvalue weighted by atomic mass is 9.92. The van der Waals surface area contributed by atoms with Gasteiger partial charge in [-0.2, -0.15) is 0 Å². The van der Waals surface area contributed by atoms with Gasteiger partial charge in [-0.3, -0.25) is 9.59 Å². The number of hydrogen-bond acceptors (Lipinski definition) is 2. The molecule has 0 saturated carbocycles. The number of hydrogen-bond donors (Lipinski definition) is 2. The van der Waals surface area contributed by atoms with Crippen molar-refractivity contribution in [3.8, 4) is 0 Å². The molecular weight excluding hydrogens is 290 g/mol. The fourth-order valence-corrected chi connectivity index (χ4v) is 2.57. The maximum atomic E-state index is 12.3. The predicted molar refractivity (Wildman–Crippen MR) is 81.1 cm³/mol. The third-order valence-electron chi connectivity index (χ3n) is 3.61. The molecule has 1 aliphatic carbocycles. The normalized spacial score (nSPS) is 19.0. The average molecular weight is 308 g/mol. The van der Waals surface area contributed by atoms with Gasteiger partial charge in [0.15, 0.2) is 0 Å². The SMILES string of the molecule is O=C(O)C[C@@H](NC(=O)[C@@H]1CC=CCC1)c1ccc(Cl)cc1. The molecule has 0 aliphatic heterocycles. The number of nitrogens with one attached hydrogen (secondary N) is 1. The number of aliphatic carboxylic acids is 1. The first-order valence-corrected chi connectivity index (χ1v) is 7.36. The number of benzene rings is 1. The van der Waals surface area contributed by atoms with E-state index in [1.165, 1.54) is 0 Å². The summed E-state index contributed by atoms with van der Waals surface area (Å²) in [5.74, 6) is -1.10. The quantitative estimate of drug-likeness (QED) is 0.820. The summed E-state index contributed by atoms with van der Waals surface area (Å²) in [5.41, 5.74) is 0.751. The molecule has 2 atom stereocenters. The first-order chi connectivity index (χ1) is 10.1. The van der Waals surface area contributed by atoms with Crippen LogP contribution < -0.4 is 5.32 Å². The van der Waals surface area contributed by atoms with Crippen LogP contribution in [0.15, 0.2) is 36.4 Å². The minimum Gasteiger partial charge on any atom is -0.481 e. The summed E-state index contributed by atoms with van der Waals surface area (Å²) < 4.78 is 0. The Morgan fingerprint density at radius 1 is 1.29 bits per heavy atom. The highest BCUT2D eigenvalue weighted by atomic mass is 35.5. The Kier molecular flexibility index (Phi) is 5.39. The number of carbonyl (C=O) groups excluding carboxylic acids is 1. The van der Waals surface area contributed by atoms with Crippen LogP contribution in [0.3, 0.4) is 0 Å². The second kappa shape index (κ2) is 7.27. The van der Waals surface area contributed by atoms with Gasteiger partial charge < -0.3 is 10.4 Å². The molecule has 5 heteroatoms. The van der Waals surface area contributed by atoms with Crippen molar-refractivity contribution >= 4 is 23.5 Å². The molecule has 1 aromatic carbocycles. The van der Waals surface area contributed by atoms with Crippen LogP contribution in [-0.2, 0) is 9.59 Å². The molecule has 2 N–H and O–H groups in total. The van der Waals surface area contributed by atoms with Crippen LogP contribution in [0.1, 0.15) is 37.3 Å². The second-order valence-electron chi connectivity index (χ2n) is 5.19. The van der Waals surface area contributed by atoms with Gasteiger partial charge in [0.1, 0.15) is 0 Å². The van der Waals surface area contributed by atoms with Crippen LogP contribution in [0.4, 0.5) is 0 Å². The molecule has 4 nitrogen and oxygen atoms in total. The first-order valence-electron chi connectivity index (χ1n) is 6.99. The number of amides is 1. The predicted octanol–water partition coefficient (Wildman–Crippen LogP) is 3.33. The van der Waals surface area contributed by atoms with Crippen LogP contribution in [0.2, 0.25) is 5.02 Å². The molecule has 1 aromatic rings. The van der Waals surface area contributed by atoms with Gasteiger partial charge >= 0.3 is 5.97 Å². The molecule has 0 unspecified atom stereocenters. The zero-order valence-electron chi connectivity index (χ0n) is 11.6. The van der Waals surface area contributed by atoms with Crippen LogP contribution >= 0.6 is 11.6 Å². The van der Waals surface area contributed by atoms with Gasteiger partial charge in [0.05, 0.1) is 12.5 Å². The van der Waals surface area contributed by atoms with Crippen molar-refractivity contribution in [3.05, 3.63) is 47.0 Å². The number of carboxylic acids is 1. The Balaban J connectivity index is 2.08. The average Bonchev–Trinajstić information content (AvgIpc) is 2.48. The number of rotatable bonds is 5. The van der Waals surface area contributed by atoms with Crippen molar-refractivity contribution in [2.75, 3.05) is 0 Å². The molecule has 0 spiro atoms. The van der Waals surface area contributed by atoms with Crippen LogP contribution in [0.25, 0.3) is 0 Å². The van der Waals surface area contributed by atoms with Gasteiger partial charge in [0.25, 0.3) is 0 Å². The van der Waals surface area contributed by atoms with Crippen LogP contribution in [0, 0.1) is 5.92 Å². The lowest BCUT2D eigenvalue weighted by molar-refractivity contribution is -0.138. The molecular formula is C16H18ClNO3. The van der Waals surface area contributed by atoms with E-state index < -0.39 is 12.0 Å². The summed E-state index contributed by atoms with van der Waals surface area (Å²) in [6.07, 6.45) is 6.34. The van der Waals surface area contributed by atoms with E-state index in [1.807, 2.05) is 6.08 Å². The first kappa shape index (κ1) is 15.6. The van der Waals surface area contributed by atoms with E-state index in [-0.39, 0.29) is 18.2 Å². The smallest absolute Gasteiger partial charge is 0.305 e. The molecule has 2 rings (SSSR count). The monoisotopic (exact) mass is 307 g/mol. The maximum absolute atomic E-state index is 12.3. The maximum Gasteiger partial charge on any atom is 0.305 e. The number of halogens is 1. The third-order valence-corrected chi connectivity index (χ3v) is 3.86. The van der Waals surface area contributed by atoms with Gasteiger partial charge in [0, 0.05) is 10.9 Å². The van der Waals surface area contributed by atoms with E-state index in [4.69, 9.17) is 16.7 Å². The second-order valence-corrected chi connectivity index (χ2v) is 5.63. The Bertz CT molecular complexity index is 539. The molecule has 1 amide bonds. The van der Waals surface area contributed by atoms with Crippen molar-refractivity contribution in [3.63, 3.8) is 0 Å². The fourth-order valence-electron chi connectivity index (χ4n) is 2.44. The van der Waals surface area contributed by atoms with E-state index in [0.717, 1.165) is 18.4 Å². The zero-order valence-corrected chi connectivity index (χ0v) is 12.3. The summed E-state index contributed by atoms with van der Waals surface area (Å²) in [6, 6.07) is 6.36. The highest BCUT2D eigenvalue weighted by molar-refractivity contribution is 6.30.